The fourth-order valence-corrected chi connectivity index (χ4v) is 6.24. The van der Waals surface area contributed by atoms with Crippen molar-refractivity contribution in [3.05, 3.63) is 56.7 Å². The lowest BCUT2D eigenvalue weighted by atomic mass is 9.96. The number of anilines is 1. The topological polar surface area (TPSA) is 113 Å². The lowest BCUT2D eigenvalue weighted by Crippen LogP contribution is -2.33. The number of nitrogens with one attached hydrogen (secondary N) is 2. The van der Waals surface area contributed by atoms with E-state index in [4.69, 9.17) is 11.6 Å². The zero-order valence-corrected chi connectivity index (χ0v) is 22.7. The first-order valence-electron chi connectivity index (χ1n) is 11.7. The van der Waals surface area contributed by atoms with Crippen LogP contribution >= 0.6 is 34.7 Å². The van der Waals surface area contributed by atoms with Crippen molar-refractivity contribution in [3.8, 4) is 6.07 Å². The highest BCUT2D eigenvalue weighted by atomic mass is 35.5. The monoisotopic (exact) mass is 542 g/mol. The Kier molecular flexibility index (Phi) is 8.34. The Morgan fingerprint density at radius 2 is 1.94 bits per heavy atom. The van der Waals surface area contributed by atoms with Crippen molar-refractivity contribution in [1.29, 1.82) is 5.26 Å². The number of rotatable bonds is 8. The molecular weight excluding hydrogens is 516 g/mol. The molecule has 0 saturated carbocycles. The maximum absolute atomic E-state index is 12.8. The molecule has 0 radical (unpaired) electrons. The number of carbonyl (C=O) groups is 2. The van der Waals surface area contributed by atoms with Gasteiger partial charge in [0.15, 0.2) is 11.0 Å². The summed E-state index contributed by atoms with van der Waals surface area (Å²) in [5.74, 6) is 0.362. The van der Waals surface area contributed by atoms with Crippen LogP contribution in [0.15, 0.2) is 29.4 Å². The number of thiophene rings is 1. The third-order valence-electron chi connectivity index (χ3n) is 6.07. The Balaban J connectivity index is 1.41. The smallest absolute Gasteiger partial charge is 0.251 e. The Morgan fingerprint density at radius 1 is 1.22 bits per heavy atom. The molecule has 2 heterocycles. The van der Waals surface area contributed by atoms with Gasteiger partial charge in [-0.25, -0.2) is 0 Å². The molecule has 0 unspecified atom stereocenters. The van der Waals surface area contributed by atoms with Crippen LogP contribution in [-0.2, 0) is 24.7 Å². The van der Waals surface area contributed by atoms with Gasteiger partial charge in [0.25, 0.3) is 5.91 Å². The summed E-state index contributed by atoms with van der Waals surface area (Å²) in [6.45, 7) is 3.99. The zero-order chi connectivity index (χ0) is 25.8. The predicted molar refractivity (Wildman–Crippen MR) is 143 cm³/mol. The van der Waals surface area contributed by atoms with Crippen molar-refractivity contribution in [3.63, 3.8) is 0 Å². The normalized spacial score (nSPS) is 13.7. The maximum atomic E-state index is 12.8. The van der Waals surface area contributed by atoms with Gasteiger partial charge < -0.3 is 15.2 Å². The Bertz CT molecular complexity index is 1310. The molecule has 4 rings (SSSR count). The first-order chi connectivity index (χ1) is 17.3. The van der Waals surface area contributed by atoms with Crippen LogP contribution in [0.4, 0.5) is 5.00 Å². The van der Waals surface area contributed by atoms with Crippen LogP contribution in [0, 0.1) is 17.2 Å². The van der Waals surface area contributed by atoms with E-state index in [1.807, 2.05) is 20.9 Å². The molecule has 1 atom stereocenters. The average Bonchev–Trinajstić information content (AvgIpc) is 3.40. The van der Waals surface area contributed by atoms with Crippen molar-refractivity contribution in [1.82, 2.24) is 20.1 Å². The van der Waals surface area contributed by atoms with E-state index in [9.17, 15) is 14.9 Å². The fraction of sp³-hybridized carbons (Fsp3) is 0.400. The lowest BCUT2D eigenvalue weighted by molar-refractivity contribution is -0.113. The summed E-state index contributed by atoms with van der Waals surface area (Å²) in [7, 11) is 1.82. The minimum atomic E-state index is -0.371. The number of aromatic nitrogens is 3. The number of benzene rings is 1. The molecule has 8 nitrogen and oxygen atoms in total. The Labute approximate surface area is 223 Å². The lowest BCUT2D eigenvalue weighted by Gasteiger charge is -2.21. The molecule has 1 aliphatic carbocycles. The summed E-state index contributed by atoms with van der Waals surface area (Å²) in [6, 6.07) is 8.60. The molecule has 3 aromatic rings. The van der Waals surface area contributed by atoms with E-state index in [0.717, 1.165) is 31.2 Å². The molecule has 0 spiro atoms. The number of aryl methyl sites for hydroxylation is 1. The highest BCUT2D eigenvalue weighted by Gasteiger charge is 2.26. The van der Waals surface area contributed by atoms with E-state index in [2.05, 4.69) is 26.9 Å². The molecule has 36 heavy (non-hydrogen) atoms. The molecule has 0 aliphatic heterocycles. The first kappa shape index (κ1) is 26.2. The number of nitriles is 1. The van der Waals surface area contributed by atoms with Crippen LogP contribution in [0.5, 0.6) is 0 Å². The summed E-state index contributed by atoms with van der Waals surface area (Å²) >= 11 is 8.70. The van der Waals surface area contributed by atoms with Gasteiger partial charge in [-0.2, -0.15) is 5.26 Å². The van der Waals surface area contributed by atoms with Crippen LogP contribution in [0.3, 0.4) is 0 Å². The van der Waals surface area contributed by atoms with Gasteiger partial charge in [0.05, 0.1) is 17.4 Å². The highest BCUT2D eigenvalue weighted by molar-refractivity contribution is 7.99. The Morgan fingerprint density at radius 3 is 2.64 bits per heavy atom. The fourth-order valence-electron chi connectivity index (χ4n) is 4.14. The predicted octanol–water partition coefficient (Wildman–Crippen LogP) is 5.14. The number of nitrogens with zero attached hydrogens (tertiary/aromatic N) is 4. The number of thioether (sulfide) groups is 1. The largest absolute Gasteiger partial charge is 0.342 e. The summed E-state index contributed by atoms with van der Waals surface area (Å²) in [6.07, 6.45) is 4.06. The van der Waals surface area contributed by atoms with E-state index in [1.54, 1.807) is 28.8 Å². The molecule has 1 aliphatic rings. The van der Waals surface area contributed by atoms with Crippen molar-refractivity contribution < 1.29 is 9.59 Å². The zero-order valence-electron chi connectivity index (χ0n) is 20.3. The molecule has 2 aromatic heterocycles. The molecule has 0 saturated heterocycles. The number of hydrogen-bond acceptors (Lipinski definition) is 7. The van der Waals surface area contributed by atoms with Gasteiger partial charge in [0.1, 0.15) is 11.1 Å². The molecule has 0 fully saturated rings. The van der Waals surface area contributed by atoms with Gasteiger partial charge in [0, 0.05) is 22.5 Å². The van der Waals surface area contributed by atoms with Crippen LogP contribution in [0.25, 0.3) is 0 Å². The number of amides is 2. The quantitative estimate of drug-likeness (QED) is 0.381. The second-order valence-electron chi connectivity index (χ2n) is 8.97. The molecule has 188 valence electrons. The van der Waals surface area contributed by atoms with E-state index in [1.165, 1.54) is 28.0 Å². The van der Waals surface area contributed by atoms with Crippen LogP contribution < -0.4 is 10.6 Å². The highest BCUT2D eigenvalue weighted by Crippen LogP contribution is 2.37. The van der Waals surface area contributed by atoms with E-state index in [0.29, 0.717) is 32.1 Å². The molecule has 2 N–H and O–H groups in total. The summed E-state index contributed by atoms with van der Waals surface area (Å²) in [5.41, 5.74) is 2.20. The van der Waals surface area contributed by atoms with Crippen LogP contribution in [0.2, 0.25) is 5.02 Å². The van der Waals surface area contributed by atoms with Crippen molar-refractivity contribution in [2.75, 3.05) is 11.1 Å². The first-order valence-corrected chi connectivity index (χ1v) is 13.9. The summed E-state index contributed by atoms with van der Waals surface area (Å²) < 4.78 is 1.80. The molecule has 1 aromatic carbocycles. The van der Waals surface area contributed by atoms with Gasteiger partial charge in [-0.3, -0.25) is 9.59 Å². The van der Waals surface area contributed by atoms with E-state index in [-0.39, 0.29) is 29.5 Å². The molecule has 11 heteroatoms. The van der Waals surface area contributed by atoms with E-state index < -0.39 is 0 Å². The Hall–Kier alpha value is -2.87. The van der Waals surface area contributed by atoms with Gasteiger partial charge >= 0.3 is 0 Å². The van der Waals surface area contributed by atoms with Crippen molar-refractivity contribution in [2.24, 2.45) is 13.0 Å². The number of carbonyl (C=O) groups excluding carboxylic acids is 2. The van der Waals surface area contributed by atoms with Crippen LogP contribution in [0.1, 0.15) is 64.9 Å². The van der Waals surface area contributed by atoms with Crippen molar-refractivity contribution in [2.45, 2.75) is 50.7 Å². The second kappa shape index (κ2) is 11.5. The SMILES string of the molecule is CC(C)[C@@H](NC(=O)c1ccc(Cl)cc1)c1nnc(SCC(=O)Nc2sc3c(c2C#N)CCCC3)n1C. The molecular formula is C25H27ClN6O2S2. The third-order valence-corrected chi connectivity index (χ3v) is 8.55. The van der Waals surface area contributed by atoms with Gasteiger partial charge in [-0.15, -0.1) is 21.5 Å². The number of halogens is 1. The molecule has 0 bridgehead atoms. The summed E-state index contributed by atoms with van der Waals surface area (Å²) in [5, 5.41) is 25.9. The minimum Gasteiger partial charge on any atom is -0.342 e. The maximum Gasteiger partial charge on any atom is 0.251 e. The second-order valence-corrected chi connectivity index (χ2v) is 11.4. The third kappa shape index (κ3) is 5.75. The van der Waals surface area contributed by atoms with Gasteiger partial charge in [-0.05, 0) is 61.4 Å². The van der Waals surface area contributed by atoms with Gasteiger partial charge in [0.2, 0.25) is 5.91 Å². The van der Waals surface area contributed by atoms with Crippen LogP contribution in [-0.4, -0.2) is 32.3 Å². The average molecular weight is 543 g/mol. The number of fused-ring (bicyclic) bond motifs is 1. The van der Waals surface area contributed by atoms with Gasteiger partial charge in [-0.1, -0.05) is 37.2 Å². The van der Waals surface area contributed by atoms with E-state index >= 15 is 0 Å². The standard InChI is InChI=1S/C25H27ClN6O2S2/c1-14(2)21(29-23(34)15-8-10-16(26)11-9-15)22-30-31-25(32(22)3)35-13-20(33)28-24-18(12-27)17-6-4-5-7-19(17)36-24/h8-11,14,21H,4-7,13H2,1-3H3,(H,28,33)(H,29,34)/t21-/m1/s1. The number of hydrogen-bond donors (Lipinski definition) is 2. The van der Waals surface area contributed by atoms with Crippen molar-refractivity contribution >= 4 is 51.5 Å². The molecule has 2 amide bonds. The summed E-state index contributed by atoms with van der Waals surface area (Å²) in [4.78, 5) is 26.7. The minimum absolute atomic E-state index is 0.0552.